The monoisotopic (exact) mass is 768 g/mol. The van der Waals surface area contributed by atoms with Crippen molar-refractivity contribution in [1.29, 1.82) is 5.26 Å². The van der Waals surface area contributed by atoms with E-state index >= 15 is 0 Å². The van der Waals surface area contributed by atoms with Crippen LogP contribution < -0.4 is 25.8 Å². The van der Waals surface area contributed by atoms with Crippen LogP contribution >= 0.6 is 0 Å². The second-order valence-corrected chi connectivity index (χ2v) is 11.3. The molecule has 0 aliphatic carbocycles. The number of rotatable bonds is 16. The van der Waals surface area contributed by atoms with Gasteiger partial charge in [0.15, 0.2) is 0 Å². The third kappa shape index (κ3) is 12.8. The fourth-order valence-corrected chi connectivity index (χ4v) is 4.91. The van der Waals surface area contributed by atoms with Crippen LogP contribution in [0.5, 0.6) is 11.5 Å². The van der Waals surface area contributed by atoms with Gasteiger partial charge in [-0.05, 0) is 35.9 Å². The number of methoxy groups -OCH3 is 1. The van der Waals surface area contributed by atoms with Gasteiger partial charge in [-0.1, -0.05) is 6.07 Å². The van der Waals surface area contributed by atoms with E-state index in [1.54, 1.807) is 30.3 Å². The van der Waals surface area contributed by atoms with Gasteiger partial charge in [-0.25, -0.2) is 13.6 Å². The van der Waals surface area contributed by atoms with E-state index in [0.29, 0.717) is 59.9 Å². The number of likely N-dealkylation sites (tertiary alicyclic amines) is 1. The number of carbonyl (C=O) groups is 4. The van der Waals surface area contributed by atoms with Crippen molar-refractivity contribution in [3.8, 4) is 28.7 Å². The quantitative estimate of drug-likeness (QED) is 0.122. The van der Waals surface area contributed by atoms with Gasteiger partial charge in [-0.2, -0.15) is 18.4 Å². The van der Waals surface area contributed by atoms with Crippen LogP contribution in [-0.2, 0) is 23.9 Å². The molecule has 1 atom stereocenters. The van der Waals surface area contributed by atoms with Crippen molar-refractivity contribution in [1.82, 2.24) is 20.5 Å². The molecule has 5 N–H and O–H groups in total. The van der Waals surface area contributed by atoms with E-state index in [1.807, 2.05) is 12.1 Å². The van der Waals surface area contributed by atoms with Gasteiger partial charge in [0, 0.05) is 36.2 Å². The first-order chi connectivity index (χ1) is 25.6. The Morgan fingerprint density at radius 3 is 2.37 bits per heavy atom. The fraction of sp³-hybridized carbons (Fsp3) is 0.412. The zero-order valence-corrected chi connectivity index (χ0v) is 28.8. The molecule has 0 radical (unpaired) electrons. The summed E-state index contributed by atoms with van der Waals surface area (Å²) < 4.78 is 81.7. The van der Waals surface area contributed by atoms with Crippen LogP contribution in [0.1, 0.15) is 16.8 Å². The van der Waals surface area contributed by atoms with E-state index in [-0.39, 0.29) is 31.2 Å². The number of hydrogen-bond donors (Lipinski definition) is 4. The summed E-state index contributed by atoms with van der Waals surface area (Å²) in [6.45, 7) is 0.379. The topological polar surface area (TPSA) is 215 Å². The lowest BCUT2D eigenvalue weighted by Gasteiger charge is -2.19. The highest BCUT2D eigenvalue weighted by Gasteiger charge is 2.47. The molecule has 1 aliphatic heterocycles. The highest BCUT2D eigenvalue weighted by molar-refractivity contribution is 6.07. The minimum atomic E-state index is -5.08. The average molecular weight is 769 g/mol. The summed E-state index contributed by atoms with van der Waals surface area (Å²) in [7, 11) is 1.54. The Kier molecular flexibility index (Phi) is 15.8. The molecule has 1 aliphatic rings. The first-order valence-electron chi connectivity index (χ1n) is 16.1. The van der Waals surface area contributed by atoms with E-state index < -0.39 is 55.4 Å². The van der Waals surface area contributed by atoms with Crippen molar-refractivity contribution in [2.24, 2.45) is 5.73 Å². The number of carboxylic acid groups (broad SMARTS) is 1. The second kappa shape index (κ2) is 20.0. The molecule has 292 valence electrons. The predicted molar refractivity (Wildman–Crippen MR) is 180 cm³/mol. The van der Waals surface area contributed by atoms with E-state index in [9.17, 15) is 41.6 Å². The van der Waals surface area contributed by atoms with Crippen LogP contribution in [0.25, 0.3) is 22.0 Å². The Morgan fingerprint density at radius 1 is 1.04 bits per heavy atom. The number of nitrogens with one attached hydrogen (secondary N) is 2. The molecular weight excluding hydrogens is 731 g/mol. The van der Waals surface area contributed by atoms with Crippen molar-refractivity contribution in [2.45, 2.75) is 24.6 Å². The van der Waals surface area contributed by atoms with Crippen molar-refractivity contribution >= 4 is 34.6 Å². The number of aromatic nitrogens is 1. The number of hydrogen-bond acceptors (Lipinski definition) is 11. The lowest BCUT2D eigenvalue weighted by molar-refractivity contribution is -0.192. The number of carbonyl (C=O) groups excluding carboxylic acids is 3. The van der Waals surface area contributed by atoms with Crippen LogP contribution in [0.4, 0.5) is 22.0 Å². The molecule has 1 saturated heterocycles. The number of fused-ring (bicyclic) bond motifs is 1. The summed E-state index contributed by atoms with van der Waals surface area (Å²) in [5.41, 5.74) is 7.38. The van der Waals surface area contributed by atoms with E-state index in [1.165, 1.54) is 19.4 Å². The molecule has 3 aromatic rings. The highest BCUT2D eigenvalue weighted by Crippen LogP contribution is 2.35. The van der Waals surface area contributed by atoms with Gasteiger partial charge in [0.25, 0.3) is 11.8 Å². The van der Waals surface area contributed by atoms with E-state index in [0.717, 1.165) is 4.90 Å². The number of nitrogens with zero attached hydrogens (tertiary/aromatic N) is 3. The Labute approximate surface area is 305 Å². The van der Waals surface area contributed by atoms with E-state index in [2.05, 4.69) is 15.6 Å². The summed E-state index contributed by atoms with van der Waals surface area (Å²) in [6, 6.07) is 12.6. The van der Waals surface area contributed by atoms with Crippen molar-refractivity contribution in [3.05, 3.63) is 54.2 Å². The molecule has 4 rings (SSSR count). The molecular formula is C34H37F5N6O9. The standard InChI is InChI=1S/C32H36F2N6O7.C2HF3O2/c1-44-23-3-4-24(28(15-23)47-13-12-46-11-10-45-9-8-38-29(41)18-36)21-2-5-27-26(14-21)25(6-7-37-27)31(43)39-19-30(42)40-20-32(33,34)16-22(40)17-35;3-2(4,5)1(6)7/h2-7,14-15,22H,8-13,16,18-20,36H2,1H3,(H,38,41)(H,39,43);(H,6,7)/t22-;/m0./s1. The maximum absolute atomic E-state index is 13.8. The first kappa shape index (κ1) is 42.8. The second-order valence-electron chi connectivity index (χ2n) is 11.3. The summed E-state index contributed by atoms with van der Waals surface area (Å²) in [6.07, 6.45) is -4.36. The number of aliphatic carboxylic acids is 1. The lowest BCUT2D eigenvalue weighted by atomic mass is 9.99. The Morgan fingerprint density at radius 2 is 1.72 bits per heavy atom. The van der Waals surface area contributed by atoms with Crippen LogP contribution in [0.15, 0.2) is 48.7 Å². The summed E-state index contributed by atoms with van der Waals surface area (Å²) in [5.74, 6) is -6.46. The van der Waals surface area contributed by atoms with Gasteiger partial charge >= 0.3 is 12.1 Å². The van der Waals surface area contributed by atoms with Gasteiger partial charge in [-0.3, -0.25) is 19.4 Å². The summed E-state index contributed by atoms with van der Waals surface area (Å²) >= 11 is 0. The molecule has 20 heteroatoms. The molecule has 2 aromatic carbocycles. The zero-order valence-electron chi connectivity index (χ0n) is 28.8. The minimum Gasteiger partial charge on any atom is -0.497 e. The largest absolute Gasteiger partial charge is 0.497 e. The van der Waals surface area contributed by atoms with Crippen LogP contribution in [0.2, 0.25) is 0 Å². The summed E-state index contributed by atoms with van der Waals surface area (Å²) in [5, 5.41) is 21.9. The number of amides is 3. The number of ether oxygens (including phenoxy) is 4. The van der Waals surface area contributed by atoms with Crippen molar-refractivity contribution in [2.75, 3.05) is 66.3 Å². The Hall–Kier alpha value is -5.65. The molecule has 3 amide bonds. The third-order valence-electron chi connectivity index (χ3n) is 7.48. The van der Waals surface area contributed by atoms with Gasteiger partial charge < -0.3 is 45.3 Å². The Balaban J connectivity index is 0.00000102. The van der Waals surface area contributed by atoms with Gasteiger partial charge in [-0.15, -0.1) is 0 Å². The molecule has 0 unspecified atom stereocenters. The number of pyridine rings is 1. The molecule has 54 heavy (non-hydrogen) atoms. The number of alkyl halides is 5. The first-order valence-corrected chi connectivity index (χ1v) is 16.1. The minimum absolute atomic E-state index is 0.0718. The van der Waals surface area contributed by atoms with Gasteiger partial charge in [0.05, 0.1) is 70.3 Å². The molecule has 0 bridgehead atoms. The Bertz CT molecular complexity index is 1820. The molecule has 1 fully saturated rings. The normalized spacial score (nSPS) is 14.7. The van der Waals surface area contributed by atoms with Crippen molar-refractivity contribution in [3.63, 3.8) is 0 Å². The highest BCUT2D eigenvalue weighted by atomic mass is 19.4. The van der Waals surface area contributed by atoms with Crippen LogP contribution in [-0.4, -0.2) is 123 Å². The van der Waals surface area contributed by atoms with Gasteiger partial charge in [0.2, 0.25) is 11.8 Å². The lowest BCUT2D eigenvalue weighted by Crippen LogP contribution is -2.43. The van der Waals surface area contributed by atoms with Crippen molar-refractivity contribution < 1.29 is 65.2 Å². The number of nitrogens with two attached hydrogens (primary N) is 1. The van der Waals surface area contributed by atoms with Gasteiger partial charge in [0.1, 0.15) is 24.1 Å². The third-order valence-corrected chi connectivity index (χ3v) is 7.48. The maximum atomic E-state index is 13.8. The number of benzene rings is 2. The molecule has 0 spiro atoms. The number of nitriles is 1. The molecule has 1 aromatic heterocycles. The van der Waals surface area contributed by atoms with Crippen LogP contribution in [0, 0.1) is 11.3 Å². The maximum Gasteiger partial charge on any atom is 0.490 e. The average Bonchev–Trinajstić information content (AvgIpc) is 3.47. The fourth-order valence-electron chi connectivity index (χ4n) is 4.91. The molecule has 2 heterocycles. The molecule has 0 saturated carbocycles. The molecule has 15 nitrogen and oxygen atoms in total. The smallest absolute Gasteiger partial charge is 0.490 e. The zero-order chi connectivity index (χ0) is 39.9. The van der Waals surface area contributed by atoms with Crippen LogP contribution in [0.3, 0.4) is 0 Å². The van der Waals surface area contributed by atoms with E-state index in [4.69, 9.17) is 34.6 Å². The summed E-state index contributed by atoms with van der Waals surface area (Å²) in [4.78, 5) is 50.9. The number of carboxylic acids is 1. The predicted octanol–water partition coefficient (Wildman–Crippen LogP) is 2.52. The SMILES string of the molecule is COc1ccc(-c2ccc3nccc(C(=O)NCC(=O)N4CC(F)(F)C[C@H]4C#N)c3c2)c(OCCOCCOCCNC(=O)CN)c1.O=C(O)C(F)(F)F. The number of halogens is 5.